The number of halogens is 2. The van der Waals surface area contributed by atoms with Crippen LogP contribution in [-0.4, -0.2) is 15.0 Å². The Labute approximate surface area is 165 Å². The number of pyridine rings is 1. The van der Waals surface area contributed by atoms with Gasteiger partial charge in [-0.25, -0.2) is 4.99 Å². The maximum atomic E-state index is 10.1. The van der Waals surface area contributed by atoms with Crippen LogP contribution in [0.2, 0.25) is 10.0 Å². The van der Waals surface area contributed by atoms with Gasteiger partial charge in [-0.05, 0) is 59.7 Å². The molecular weight excluding hydrogens is 383 g/mol. The van der Waals surface area contributed by atoms with Gasteiger partial charge < -0.3 is 10.3 Å². The van der Waals surface area contributed by atoms with Gasteiger partial charge in [0.15, 0.2) is 0 Å². The van der Waals surface area contributed by atoms with E-state index in [-0.39, 0.29) is 5.75 Å². The van der Waals surface area contributed by atoms with E-state index < -0.39 is 0 Å². The second kappa shape index (κ2) is 6.99. The van der Waals surface area contributed by atoms with Crippen molar-refractivity contribution in [3.63, 3.8) is 0 Å². The average molecular weight is 397 g/mol. The van der Waals surface area contributed by atoms with E-state index in [0.29, 0.717) is 26.6 Å². The summed E-state index contributed by atoms with van der Waals surface area (Å²) in [4.78, 5) is 4.65. The number of phenols is 1. The van der Waals surface area contributed by atoms with E-state index in [0.717, 1.165) is 21.2 Å². The minimum absolute atomic E-state index is 0.113. The molecule has 2 N–H and O–H groups in total. The summed E-state index contributed by atoms with van der Waals surface area (Å²) in [7, 11) is 0. The number of hydrogen-bond acceptors (Lipinski definition) is 3. The molecule has 134 valence electrons. The highest BCUT2D eigenvalue weighted by atomic mass is 35.5. The van der Waals surface area contributed by atoms with Crippen molar-refractivity contribution in [1.82, 2.24) is 4.73 Å². The zero-order chi connectivity index (χ0) is 19.0. The molecule has 3 aromatic carbocycles. The number of fused-ring (bicyclic) bond motifs is 1. The lowest BCUT2D eigenvalue weighted by molar-refractivity contribution is 0.198. The Kier molecular flexibility index (Phi) is 4.52. The fourth-order valence-electron chi connectivity index (χ4n) is 2.93. The fourth-order valence-corrected chi connectivity index (χ4v) is 3.22. The largest absolute Gasteiger partial charge is 0.508 e. The molecule has 0 saturated carbocycles. The van der Waals surface area contributed by atoms with Crippen LogP contribution in [0.4, 0.5) is 5.69 Å². The second-order valence-corrected chi connectivity index (χ2v) is 6.94. The van der Waals surface area contributed by atoms with Gasteiger partial charge >= 0.3 is 0 Å². The molecule has 0 saturated heterocycles. The van der Waals surface area contributed by atoms with Crippen LogP contribution in [0, 0.1) is 0 Å². The van der Waals surface area contributed by atoms with Gasteiger partial charge in [0.1, 0.15) is 5.75 Å². The van der Waals surface area contributed by atoms with Gasteiger partial charge in [-0.3, -0.25) is 0 Å². The first-order chi connectivity index (χ1) is 13.0. The van der Waals surface area contributed by atoms with Crippen LogP contribution in [-0.2, 0) is 0 Å². The standard InChI is InChI=1S/C21H14Cl2N2O2/c22-15-3-1-13(2-4-15)14-9-17(12-18(26)10-14)24-20-7-8-25(27)21-11-16(23)5-6-19(20)21/h1-12,26-27H. The molecule has 4 nitrogen and oxygen atoms in total. The minimum atomic E-state index is 0.113. The van der Waals surface area contributed by atoms with Gasteiger partial charge in [-0.15, -0.1) is 0 Å². The fraction of sp³-hybridized carbons (Fsp3) is 0. The zero-order valence-electron chi connectivity index (χ0n) is 14.0. The summed E-state index contributed by atoms with van der Waals surface area (Å²) in [6, 6.07) is 19.4. The van der Waals surface area contributed by atoms with Gasteiger partial charge in [0.25, 0.3) is 0 Å². The van der Waals surface area contributed by atoms with E-state index in [2.05, 4.69) is 4.99 Å². The number of phenolic OH excluding ortho intramolecular Hbond substituents is 1. The van der Waals surface area contributed by atoms with Crippen LogP contribution in [0.1, 0.15) is 0 Å². The predicted octanol–water partition coefficient (Wildman–Crippen LogP) is 5.79. The quantitative estimate of drug-likeness (QED) is 0.421. The smallest absolute Gasteiger partial charge is 0.118 e. The van der Waals surface area contributed by atoms with Crippen LogP contribution < -0.4 is 5.36 Å². The highest BCUT2D eigenvalue weighted by molar-refractivity contribution is 6.31. The first-order valence-corrected chi connectivity index (χ1v) is 8.90. The van der Waals surface area contributed by atoms with Crippen LogP contribution >= 0.6 is 23.2 Å². The van der Waals surface area contributed by atoms with Crippen molar-refractivity contribution in [2.75, 3.05) is 0 Å². The van der Waals surface area contributed by atoms with Gasteiger partial charge in [0.05, 0.1) is 16.6 Å². The van der Waals surface area contributed by atoms with Crippen LogP contribution in [0.5, 0.6) is 5.75 Å². The normalized spacial score (nSPS) is 11.9. The van der Waals surface area contributed by atoms with Gasteiger partial charge in [0.2, 0.25) is 0 Å². The molecule has 0 fully saturated rings. The molecule has 0 amide bonds. The molecule has 6 heteroatoms. The van der Waals surface area contributed by atoms with Crippen molar-refractivity contribution in [2.45, 2.75) is 0 Å². The Morgan fingerprint density at radius 2 is 1.52 bits per heavy atom. The summed E-state index contributed by atoms with van der Waals surface area (Å²) in [5, 5.41) is 22.7. The summed E-state index contributed by atoms with van der Waals surface area (Å²) in [6.45, 7) is 0. The van der Waals surface area contributed by atoms with Crippen molar-refractivity contribution < 1.29 is 10.3 Å². The molecular formula is C21H14Cl2N2O2. The third-order valence-corrected chi connectivity index (χ3v) is 4.67. The second-order valence-electron chi connectivity index (χ2n) is 6.06. The van der Waals surface area contributed by atoms with E-state index in [1.807, 2.05) is 18.2 Å². The number of benzene rings is 3. The lowest BCUT2D eigenvalue weighted by Gasteiger charge is -2.07. The van der Waals surface area contributed by atoms with Crippen molar-refractivity contribution in [3.8, 4) is 16.9 Å². The third kappa shape index (κ3) is 3.63. The van der Waals surface area contributed by atoms with E-state index in [9.17, 15) is 10.3 Å². The Morgan fingerprint density at radius 1 is 0.778 bits per heavy atom. The number of aromatic hydroxyl groups is 1. The molecule has 0 aliphatic rings. The predicted molar refractivity (Wildman–Crippen MR) is 108 cm³/mol. The first kappa shape index (κ1) is 17.5. The molecule has 0 bridgehead atoms. The Morgan fingerprint density at radius 3 is 2.30 bits per heavy atom. The van der Waals surface area contributed by atoms with E-state index in [1.54, 1.807) is 48.5 Å². The summed E-state index contributed by atoms with van der Waals surface area (Å²) < 4.78 is 1.00. The average Bonchev–Trinajstić information content (AvgIpc) is 2.64. The molecule has 0 aliphatic heterocycles. The number of nitrogens with zero attached hydrogens (tertiary/aromatic N) is 2. The van der Waals surface area contributed by atoms with Crippen molar-refractivity contribution in [3.05, 3.63) is 88.3 Å². The van der Waals surface area contributed by atoms with Gasteiger partial charge in [0, 0.05) is 27.7 Å². The monoisotopic (exact) mass is 396 g/mol. The topological polar surface area (TPSA) is 57.8 Å². The number of aromatic nitrogens is 1. The Hall–Kier alpha value is -2.95. The summed E-state index contributed by atoms with van der Waals surface area (Å²) in [5.41, 5.74) is 2.88. The Bertz CT molecular complexity index is 1220. The minimum Gasteiger partial charge on any atom is -0.508 e. The molecule has 27 heavy (non-hydrogen) atoms. The zero-order valence-corrected chi connectivity index (χ0v) is 15.5. The van der Waals surface area contributed by atoms with Gasteiger partial charge in [-0.1, -0.05) is 35.3 Å². The highest BCUT2D eigenvalue weighted by Gasteiger charge is 2.05. The van der Waals surface area contributed by atoms with Gasteiger partial charge in [-0.2, -0.15) is 4.73 Å². The summed E-state index contributed by atoms with van der Waals surface area (Å²) in [6.07, 6.45) is 1.50. The lowest BCUT2D eigenvalue weighted by atomic mass is 10.0. The molecule has 0 spiro atoms. The number of hydrogen-bond donors (Lipinski definition) is 2. The van der Waals surface area contributed by atoms with Crippen LogP contribution in [0.15, 0.2) is 77.9 Å². The molecule has 1 heterocycles. The maximum Gasteiger partial charge on any atom is 0.118 e. The molecule has 1 aromatic heterocycles. The van der Waals surface area contributed by atoms with E-state index >= 15 is 0 Å². The maximum absolute atomic E-state index is 10.1. The number of rotatable bonds is 2. The van der Waals surface area contributed by atoms with Crippen molar-refractivity contribution >= 4 is 39.8 Å². The van der Waals surface area contributed by atoms with Crippen molar-refractivity contribution in [2.24, 2.45) is 4.99 Å². The third-order valence-electron chi connectivity index (χ3n) is 4.19. The molecule has 0 aliphatic carbocycles. The van der Waals surface area contributed by atoms with Crippen LogP contribution in [0.25, 0.3) is 22.0 Å². The molecule has 4 aromatic rings. The lowest BCUT2D eigenvalue weighted by Crippen LogP contribution is -2.07. The van der Waals surface area contributed by atoms with E-state index in [4.69, 9.17) is 23.2 Å². The van der Waals surface area contributed by atoms with E-state index in [1.165, 1.54) is 6.20 Å². The first-order valence-electron chi connectivity index (χ1n) is 8.14. The summed E-state index contributed by atoms with van der Waals surface area (Å²) >= 11 is 12.0. The van der Waals surface area contributed by atoms with Crippen LogP contribution in [0.3, 0.4) is 0 Å². The molecule has 0 atom stereocenters. The molecule has 4 rings (SSSR count). The SMILES string of the molecule is Oc1cc(N=c2ccn(O)c3cc(Cl)ccc23)cc(-c2ccc(Cl)cc2)c1. The highest BCUT2D eigenvalue weighted by Crippen LogP contribution is 2.30. The van der Waals surface area contributed by atoms with Crippen molar-refractivity contribution in [1.29, 1.82) is 0 Å². The summed E-state index contributed by atoms with van der Waals surface area (Å²) in [5.74, 6) is 0.113. The molecule has 0 radical (unpaired) electrons. The molecule has 0 unspecified atom stereocenters. The Balaban J connectivity index is 1.89.